The number of carbonyl (C=O) groups excluding carboxylic acids is 1. The smallest absolute Gasteiger partial charge is 0.259 e. The van der Waals surface area contributed by atoms with Crippen molar-refractivity contribution in [3.8, 4) is 5.75 Å². The molecule has 3 aromatic carbocycles. The molecule has 0 spiro atoms. The van der Waals surface area contributed by atoms with Gasteiger partial charge in [-0.2, -0.15) is 0 Å². The van der Waals surface area contributed by atoms with Crippen molar-refractivity contribution < 1.29 is 9.90 Å². The number of benzene rings is 3. The van der Waals surface area contributed by atoms with Crippen LogP contribution >= 0.6 is 0 Å². The van der Waals surface area contributed by atoms with E-state index >= 15 is 0 Å². The van der Waals surface area contributed by atoms with Gasteiger partial charge >= 0.3 is 0 Å². The van der Waals surface area contributed by atoms with E-state index in [1.165, 1.54) is 0 Å². The minimum absolute atomic E-state index is 0.0314. The lowest BCUT2D eigenvalue weighted by Gasteiger charge is -2.10. The zero-order chi connectivity index (χ0) is 15.7. The first-order valence-electron chi connectivity index (χ1n) is 7.15. The molecule has 0 saturated carbocycles. The first-order chi connectivity index (χ1) is 10.5. The number of phenolic OH excluding ortho intramolecular Hbond substituents is 1. The fourth-order valence-electron chi connectivity index (χ4n) is 2.60. The predicted octanol–water partition coefficient (Wildman–Crippen LogP) is 4.41. The van der Waals surface area contributed by atoms with Gasteiger partial charge in [-0.05, 0) is 53.9 Å². The van der Waals surface area contributed by atoms with Gasteiger partial charge in [0.05, 0.1) is 5.56 Å². The van der Waals surface area contributed by atoms with Crippen LogP contribution in [0.2, 0.25) is 0 Å². The van der Waals surface area contributed by atoms with Crippen LogP contribution in [-0.4, -0.2) is 11.0 Å². The molecule has 110 valence electrons. The van der Waals surface area contributed by atoms with Gasteiger partial charge < -0.3 is 10.4 Å². The van der Waals surface area contributed by atoms with Gasteiger partial charge in [0, 0.05) is 5.69 Å². The van der Waals surface area contributed by atoms with Gasteiger partial charge in [-0.25, -0.2) is 0 Å². The summed E-state index contributed by atoms with van der Waals surface area (Å²) in [4.78, 5) is 12.4. The molecule has 0 aliphatic rings. The Morgan fingerprint density at radius 3 is 2.45 bits per heavy atom. The third-order valence-electron chi connectivity index (χ3n) is 3.70. The monoisotopic (exact) mass is 291 g/mol. The summed E-state index contributed by atoms with van der Waals surface area (Å²) in [6, 6.07) is 17.3. The van der Waals surface area contributed by atoms with Gasteiger partial charge in [-0.1, -0.05) is 36.4 Å². The van der Waals surface area contributed by atoms with Crippen LogP contribution in [0.25, 0.3) is 10.8 Å². The van der Waals surface area contributed by atoms with Crippen molar-refractivity contribution in [3.05, 3.63) is 71.3 Å². The number of aromatic hydroxyl groups is 1. The van der Waals surface area contributed by atoms with Crippen molar-refractivity contribution >= 4 is 22.4 Å². The van der Waals surface area contributed by atoms with E-state index in [1.54, 1.807) is 13.0 Å². The van der Waals surface area contributed by atoms with Crippen molar-refractivity contribution in [2.24, 2.45) is 0 Å². The molecule has 0 aliphatic heterocycles. The molecule has 0 radical (unpaired) electrons. The highest BCUT2D eigenvalue weighted by Crippen LogP contribution is 2.25. The second-order valence-electron chi connectivity index (χ2n) is 5.49. The highest BCUT2D eigenvalue weighted by molar-refractivity contribution is 6.07. The van der Waals surface area contributed by atoms with Gasteiger partial charge in [-0.15, -0.1) is 0 Å². The normalized spacial score (nSPS) is 10.6. The first kappa shape index (κ1) is 14.1. The summed E-state index contributed by atoms with van der Waals surface area (Å²) < 4.78 is 0. The predicted molar refractivity (Wildman–Crippen MR) is 89.5 cm³/mol. The van der Waals surface area contributed by atoms with Crippen LogP contribution in [0.1, 0.15) is 21.5 Å². The molecule has 3 nitrogen and oxygen atoms in total. The quantitative estimate of drug-likeness (QED) is 0.734. The summed E-state index contributed by atoms with van der Waals surface area (Å²) in [7, 11) is 0. The van der Waals surface area contributed by atoms with E-state index in [9.17, 15) is 9.90 Å². The maximum Gasteiger partial charge on any atom is 0.259 e. The molecule has 3 rings (SSSR count). The molecular formula is C19H17NO2. The zero-order valence-electron chi connectivity index (χ0n) is 12.6. The molecule has 0 saturated heterocycles. The topological polar surface area (TPSA) is 49.3 Å². The Balaban J connectivity index is 1.93. The number of nitrogens with one attached hydrogen (secondary N) is 1. The number of rotatable bonds is 2. The SMILES string of the molecule is Cc1cc(C)c(O)c(C(=O)Nc2ccc3ccccc3c2)c1. The van der Waals surface area contributed by atoms with E-state index in [2.05, 4.69) is 5.32 Å². The van der Waals surface area contributed by atoms with Crippen LogP contribution in [0.4, 0.5) is 5.69 Å². The average Bonchev–Trinajstić information content (AvgIpc) is 2.50. The molecular weight excluding hydrogens is 274 g/mol. The lowest BCUT2D eigenvalue weighted by molar-refractivity contribution is 0.102. The summed E-state index contributed by atoms with van der Waals surface area (Å²) in [6.45, 7) is 3.69. The number of anilines is 1. The maximum absolute atomic E-state index is 12.4. The van der Waals surface area contributed by atoms with Gasteiger partial charge in [0.2, 0.25) is 0 Å². The largest absolute Gasteiger partial charge is 0.507 e. The molecule has 3 heteroatoms. The Morgan fingerprint density at radius 1 is 0.955 bits per heavy atom. The summed E-state index contributed by atoms with van der Waals surface area (Å²) in [5.41, 5.74) is 2.65. The van der Waals surface area contributed by atoms with E-state index in [1.807, 2.05) is 55.5 Å². The Morgan fingerprint density at radius 2 is 1.68 bits per heavy atom. The highest BCUT2D eigenvalue weighted by Gasteiger charge is 2.14. The molecule has 0 aliphatic carbocycles. The summed E-state index contributed by atoms with van der Waals surface area (Å²) in [5.74, 6) is -0.275. The lowest BCUT2D eigenvalue weighted by Crippen LogP contribution is -2.12. The first-order valence-corrected chi connectivity index (χ1v) is 7.15. The number of hydrogen-bond donors (Lipinski definition) is 2. The second-order valence-corrected chi connectivity index (χ2v) is 5.49. The van der Waals surface area contributed by atoms with Gasteiger partial charge in [-0.3, -0.25) is 4.79 Å². The van der Waals surface area contributed by atoms with E-state index in [-0.39, 0.29) is 11.7 Å². The van der Waals surface area contributed by atoms with Crippen LogP contribution in [0.5, 0.6) is 5.75 Å². The number of fused-ring (bicyclic) bond motifs is 1. The molecule has 0 fully saturated rings. The van der Waals surface area contributed by atoms with Crippen LogP contribution in [0, 0.1) is 13.8 Å². The minimum atomic E-state index is -0.306. The third-order valence-corrected chi connectivity index (χ3v) is 3.70. The van der Waals surface area contributed by atoms with E-state index in [4.69, 9.17) is 0 Å². The van der Waals surface area contributed by atoms with Crippen molar-refractivity contribution in [3.63, 3.8) is 0 Å². The fraction of sp³-hybridized carbons (Fsp3) is 0.105. The zero-order valence-corrected chi connectivity index (χ0v) is 12.6. The number of aryl methyl sites for hydroxylation is 2. The number of amides is 1. The Hall–Kier alpha value is -2.81. The fourth-order valence-corrected chi connectivity index (χ4v) is 2.60. The molecule has 22 heavy (non-hydrogen) atoms. The molecule has 2 N–H and O–H groups in total. The van der Waals surface area contributed by atoms with Crippen LogP contribution in [0.3, 0.4) is 0 Å². The highest BCUT2D eigenvalue weighted by atomic mass is 16.3. The van der Waals surface area contributed by atoms with E-state index in [0.29, 0.717) is 16.8 Å². The van der Waals surface area contributed by atoms with Gasteiger partial charge in [0.15, 0.2) is 0 Å². The summed E-state index contributed by atoms with van der Waals surface area (Å²) in [6.07, 6.45) is 0. The van der Waals surface area contributed by atoms with Crippen molar-refractivity contribution in [2.75, 3.05) is 5.32 Å². The number of phenols is 1. The summed E-state index contributed by atoms with van der Waals surface area (Å²) >= 11 is 0. The third kappa shape index (κ3) is 2.66. The number of hydrogen-bond acceptors (Lipinski definition) is 2. The van der Waals surface area contributed by atoms with Crippen molar-refractivity contribution in [1.29, 1.82) is 0 Å². The molecule has 0 aromatic heterocycles. The molecule has 0 bridgehead atoms. The average molecular weight is 291 g/mol. The van der Waals surface area contributed by atoms with Gasteiger partial charge in [0.25, 0.3) is 5.91 Å². The molecule has 0 unspecified atom stereocenters. The Bertz CT molecular complexity index is 868. The standard InChI is InChI=1S/C19H17NO2/c1-12-9-13(2)18(21)17(10-12)19(22)20-16-8-7-14-5-3-4-6-15(14)11-16/h3-11,21H,1-2H3,(H,20,22). The van der Waals surface area contributed by atoms with Crippen molar-refractivity contribution in [1.82, 2.24) is 0 Å². The lowest BCUT2D eigenvalue weighted by atomic mass is 10.0. The Labute approximate surface area is 129 Å². The second kappa shape index (κ2) is 5.53. The number of carbonyl (C=O) groups is 1. The molecule has 3 aromatic rings. The van der Waals surface area contributed by atoms with Gasteiger partial charge in [0.1, 0.15) is 5.75 Å². The van der Waals surface area contributed by atoms with E-state index in [0.717, 1.165) is 16.3 Å². The molecule has 0 heterocycles. The van der Waals surface area contributed by atoms with Crippen LogP contribution < -0.4 is 5.32 Å². The Kier molecular flexibility index (Phi) is 3.55. The maximum atomic E-state index is 12.4. The van der Waals surface area contributed by atoms with Crippen LogP contribution in [-0.2, 0) is 0 Å². The van der Waals surface area contributed by atoms with E-state index < -0.39 is 0 Å². The minimum Gasteiger partial charge on any atom is -0.507 e. The molecule has 0 atom stereocenters. The molecule has 1 amide bonds. The van der Waals surface area contributed by atoms with Crippen LogP contribution in [0.15, 0.2) is 54.6 Å². The summed E-state index contributed by atoms with van der Waals surface area (Å²) in [5, 5.41) is 15.1. The van der Waals surface area contributed by atoms with Crippen molar-refractivity contribution in [2.45, 2.75) is 13.8 Å².